The molecular formula is C9H16N2O. The number of nitrogens with zero attached hydrogens (tertiary/aromatic N) is 1. The van der Waals surface area contributed by atoms with Crippen molar-refractivity contribution in [1.82, 2.24) is 10.2 Å². The van der Waals surface area contributed by atoms with Gasteiger partial charge < -0.3 is 10.2 Å². The van der Waals surface area contributed by atoms with E-state index in [-0.39, 0.29) is 5.91 Å². The molecule has 0 saturated carbocycles. The van der Waals surface area contributed by atoms with E-state index in [1.165, 1.54) is 0 Å². The molecule has 0 aromatic heterocycles. The molecule has 1 fully saturated rings. The number of carbonyl (C=O) groups is 1. The van der Waals surface area contributed by atoms with Crippen molar-refractivity contribution in [1.29, 1.82) is 0 Å². The van der Waals surface area contributed by atoms with E-state index >= 15 is 0 Å². The normalized spacial score (nSPS) is 25.0. The van der Waals surface area contributed by atoms with E-state index < -0.39 is 0 Å². The minimum absolute atomic E-state index is 0.0257. The second-order valence-electron chi connectivity index (χ2n) is 3.26. The number of rotatable bonds is 2. The van der Waals surface area contributed by atoms with Crippen LogP contribution in [0, 0.1) is 0 Å². The number of nitrogens with one attached hydrogen (secondary N) is 1. The van der Waals surface area contributed by atoms with Crippen LogP contribution in [0.1, 0.15) is 13.3 Å². The molecule has 1 atom stereocenters. The number of allylic oxidation sites excluding steroid dienone is 1. The Kier molecular flexibility index (Phi) is 3.29. The van der Waals surface area contributed by atoms with E-state index in [0.717, 1.165) is 19.5 Å². The topological polar surface area (TPSA) is 32.3 Å². The van der Waals surface area contributed by atoms with Gasteiger partial charge in [0.15, 0.2) is 0 Å². The van der Waals surface area contributed by atoms with E-state index in [9.17, 15) is 4.79 Å². The highest BCUT2D eigenvalue weighted by Crippen LogP contribution is 2.05. The molecule has 1 saturated heterocycles. The Bertz CT molecular complexity index is 189. The molecule has 0 aromatic rings. The van der Waals surface area contributed by atoms with Gasteiger partial charge in [-0.3, -0.25) is 4.79 Å². The molecule has 1 aliphatic rings. The average Bonchev–Trinajstić information content (AvgIpc) is 2.36. The molecule has 1 amide bonds. The number of hydrogen-bond donors (Lipinski definition) is 1. The molecule has 0 aromatic carbocycles. The van der Waals surface area contributed by atoms with Gasteiger partial charge >= 0.3 is 0 Å². The van der Waals surface area contributed by atoms with Crippen molar-refractivity contribution in [3.63, 3.8) is 0 Å². The molecule has 12 heavy (non-hydrogen) atoms. The predicted molar refractivity (Wildman–Crippen MR) is 48.9 cm³/mol. The summed E-state index contributed by atoms with van der Waals surface area (Å²) in [6.07, 6.45) is 4.39. The minimum atomic E-state index is 0.0257. The minimum Gasteiger partial charge on any atom is -0.348 e. The van der Waals surface area contributed by atoms with Crippen LogP contribution < -0.4 is 5.32 Å². The zero-order chi connectivity index (χ0) is 8.97. The van der Waals surface area contributed by atoms with Crippen LogP contribution in [0.25, 0.3) is 0 Å². The monoisotopic (exact) mass is 168 g/mol. The van der Waals surface area contributed by atoms with E-state index in [4.69, 9.17) is 0 Å². The van der Waals surface area contributed by atoms with Crippen LogP contribution in [-0.4, -0.2) is 37.0 Å². The van der Waals surface area contributed by atoms with Crippen molar-refractivity contribution in [2.45, 2.75) is 19.4 Å². The predicted octanol–water partition coefficient (Wildman–Crippen LogP) is 0.383. The van der Waals surface area contributed by atoms with Gasteiger partial charge in [-0.05, 0) is 33.0 Å². The lowest BCUT2D eigenvalue weighted by Gasteiger charge is -2.10. The van der Waals surface area contributed by atoms with Gasteiger partial charge in [-0.1, -0.05) is 6.08 Å². The molecule has 3 heteroatoms. The van der Waals surface area contributed by atoms with Gasteiger partial charge in [-0.15, -0.1) is 0 Å². The van der Waals surface area contributed by atoms with Gasteiger partial charge in [0.25, 0.3) is 0 Å². The van der Waals surface area contributed by atoms with E-state index in [2.05, 4.69) is 17.3 Å². The first-order valence-corrected chi connectivity index (χ1v) is 4.34. The van der Waals surface area contributed by atoms with Gasteiger partial charge in [0.1, 0.15) is 0 Å². The summed E-state index contributed by atoms with van der Waals surface area (Å²) in [5, 5.41) is 2.94. The Balaban J connectivity index is 2.27. The maximum absolute atomic E-state index is 11.1. The lowest BCUT2D eigenvalue weighted by Crippen LogP contribution is -2.35. The molecule has 0 radical (unpaired) electrons. The van der Waals surface area contributed by atoms with Crippen molar-refractivity contribution < 1.29 is 4.79 Å². The molecule has 0 spiro atoms. The van der Waals surface area contributed by atoms with Crippen molar-refractivity contribution in [2.75, 3.05) is 20.1 Å². The molecule has 68 valence electrons. The molecule has 1 aliphatic heterocycles. The van der Waals surface area contributed by atoms with Crippen molar-refractivity contribution in [2.24, 2.45) is 0 Å². The Hall–Kier alpha value is -0.830. The quantitative estimate of drug-likeness (QED) is 0.605. The van der Waals surface area contributed by atoms with Crippen molar-refractivity contribution in [3.05, 3.63) is 12.2 Å². The Morgan fingerprint density at radius 1 is 1.67 bits per heavy atom. The van der Waals surface area contributed by atoms with Crippen LogP contribution in [-0.2, 0) is 4.79 Å². The third-order valence-electron chi connectivity index (χ3n) is 2.06. The van der Waals surface area contributed by atoms with Crippen LogP contribution in [0.5, 0.6) is 0 Å². The van der Waals surface area contributed by atoms with Crippen LogP contribution >= 0.6 is 0 Å². The zero-order valence-electron chi connectivity index (χ0n) is 7.71. The smallest absolute Gasteiger partial charge is 0.243 e. The summed E-state index contributed by atoms with van der Waals surface area (Å²) in [6, 6.07) is 0.346. The van der Waals surface area contributed by atoms with Crippen LogP contribution in [0.3, 0.4) is 0 Å². The Labute approximate surface area is 73.4 Å². The molecule has 1 heterocycles. The van der Waals surface area contributed by atoms with E-state index in [1.807, 2.05) is 6.92 Å². The van der Waals surface area contributed by atoms with Crippen LogP contribution in [0.15, 0.2) is 12.2 Å². The van der Waals surface area contributed by atoms with Crippen molar-refractivity contribution >= 4 is 5.91 Å². The first-order chi connectivity index (χ1) is 5.72. The summed E-state index contributed by atoms with van der Waals surface area (Å²) in [6.45, 7) is 3.91. The van der Waals surface area contributed by atoms with Crippen molar-refractivity contribution in [3.8, 4) is 0 Å². The molecule has 1 unspecified atom stereocenters. The fourth-order valence-corrected chi connectivity index (χ4v) is 1.45. The fraction of sp³-hybridized carbons (Fsp3) is 0.667. The number of hydrogen-bond acceptors (Lipinski definition) is 2. The summed E-state index contributed by atoms with van der Waals surface area (Å²) in [4.78, 5) is 13.3. The van der Waals surface area contributed by atoms with Gasteiger partial charge in [0.05, 0.1) is 0 Å². The second-order valence-corrected chi connectivity index (χ2v) is 3.26. The molecule has 0 aliphatic carbocycles. The first-order valence-electron chi connectivity index (χ1n) is 4.34. The number of likely N-dealkylation sites (tertiary alicyclic amines) is 1. The maximum atomic E-state index is 11.1. The number of amides is 1. The van der Waals surface area contributed by atoms with Gasteiger partial charge in [-0.25, -0.2) is 0 Å². The highest BCUT2D eigenvalue weighted by atomic mass is 16.1. The lowest BCUT2D eigenvalue weighted by atomic mass is 10.2. The summed E-state index contributed by atoms with van der Waals surface area (Å²) < 4.78 is 0. The maximum Gasteiger partial charge on any atom is 0.243 e. The molecule has 0 bridgehead atoms. The molecule has 1 rings (SSSR count). The standard InChI is InChI=1S/C9H16N2O/c1-3-4-9(12)10-8-5-6-11(2)7-8/h3-4,8H,5-7H2,1-2H3,(H,10,12)/b4-3+. The molecule has 1 N–H and O–H groups in total. The summed E-state index contributed by atoms with van der Waals surface area (Å²) in [5.41, 5.74) is 0. The highest BCUT2D eigenvalue weighted by molar-refractivity contribution is 5.87. The van der Waals surface area contributed by atoms with Gasteiger partial charge in [0, 0.05) is 12.6 Å². The summed E-state index contributed by atoms with van der Waals surface area (Å²) in [7, 11) is 2.07. The number of likely N-dealkylation sites (N-methyl/N-ethyl adjacent to an activating group) is 1. The second kappa shape index (κ2) is 4.26. The third-order valence-corrected chi connectivity index (χ3v) is 2.06. The van der Waals surface area contributed by atoms with Crippen LogP contribution in [0.2, 0.25) is 0 Å². The lowest BCUT2D eigenvalue weighted by molar-refractivity contribution is -0.117. The Morgan fingerprint density at radius 3 is 2.92 bits per heavy atom. The zero-order valence-corrected chi connectivity index (χ0v) is 7.71. The van der Waals surface area contributed by atoms with Gasteiger partial charge in [0.2, 0.25) is 5.91 Å². The van der Waals surface area contributed by atoms with Crippen LogP contribution in [0.4, 0.5) is 0 Å². The summed E-state index contributed by atoms with van der Waals surface area (Å²) in [5.74, 6) is 0.0257. The fourth-order valence-electron chi connectivity index (χ4n) is 1.45. The SMILES string of the molecule is C/C=C/C(=O)NC1CCN(C)C1. The number of carbonyl (C=O) groups excluding carboxylic acids is 1. The largest absolute Gasteiger partial charge is 0.348 e. The van der Waals surface area contributed by atoms with Gasteiger partial charge in [-0.2, -0.15) is 0 Å². The molecule has 3 nitrogen and oxygen atoms in total. The highest BCUT2D eigenvalue weighted by Gasteiger charge is 2.19. The first kappa shape index (κ1) is 9.26. The van der Waals surface area contributed by atoms with E-state index in [0.29, 0.717) is 6.04 Å². The Morgan fingerprint density at radius 2 is 2.42 bits per heavy atom. The third kappa shape index (κ3) is 2.66. The molecular weight excluding hydrogens is 152 g/mol. The summed E-state index contributed by atoms with van der Waals surface area (Å²) >= 11 is 0. The van der Waals surface area contributed by atoms with E-state index in [1.54, 1.807) is 12.2 Å². The average molecular weight is 168 g/mol.